The van der Waals surface area contributed by atoms with E-state index in [1.54, 1.807) is 0 Å². The van der Waals surface area contributed by atoms with E-state index in [2.05, 4.69) is 22.2 Å². The van der Waals surface area contributed by atoms with Gasteiger partial charge in [0, 0.05) is 32.7 Å². The predicted octanol–water partition coefficient (Wildman–Crippen LogP) is 0.734. The van der Waals surface area contributed by atoms with Gasteiger partial charge in [0.05, 0.1) is 11.9 Å². The number of sulfonamides is 1. The number of halogens is 1. The first kappa shape index (κ1) is 21.6. The van der Waals surface area contributed by atoms with Crippen molar-refractivity contribution in [2.75, 3.05) is 56.9 Å². The Morgan fingerprint density at radius 1 is 1.22 bits per heavy atom. The average molecular weight is 401 g/mol. The lowest BCUT2D eigenvalue weighted by atomic mass is 10.2. The first-order valence-electron chi connectivity index (χ1n) is 9.12. The topological polar surface area (TPSA) is 73.0 Å². The second-order valence-corrected chi connectivity index (χ2v) is 8.86. The highest BCUT2D eigenvalue weighted by molar-refractivity contribution is 7.92. The van der Waals surface area contributed by atoms with Crippen LogP contribution in [0.15, 0.2) is 24.3 Å². The predicted molar refractivity (Wildman–Crippen MR) is 105 cm³/mol. The third-order valence-corrected chi connectivity index (χ3v) is 5.96. The van der Waals surface area contributed by atoms with Gasteiger partial charge in [0.2, 0.25) is 15.9 Å². The molecule has 1 aliphatic rings. The maximum absolute atomic E-state index is 13.1. The van der Waals surface area contributed by atoms with E-state index in [0.717, 1.165) is 49.7 Å². The number of nitrogens with one attached hydrogen (secondary N) is 1. The van der Waals surface area contributed by atoms with E-state index in [1.807, 2.05) is 0 Å². The third-order valence-electron chi connectivity index (χ3n) is 4.72. The molecule has 0 aliphatic carbocycles. The summed E-state index contributed by atoms with van der Waals surface area (Å²) in [6.45, 7) is 7.04. The number of hydrogen-bond acceptors (Lipinski definition) is 5. The Balaban J connectivity index is 1.88. The molecule has 1 fully saturated rings. The molecule has 0 saturated carbocycles. The zero-order chi connectivity index (χ0) is 20.0. The number of rotatable bonds is 8. The normalized spacial score (nSPS) is 17.5. The Hall–Kier alpha value is -1.71. The third kappa shape index (κ3) is 6.44. The number of benzene rings is 1. The number of piperazine rings is 1. The lowest BCUT2D eigenvalue weighted by Crippen LogP contribution is -2.48. The molecule has 0 spiro atoms. The number of nitrogens with zero attached hydrogens (tertiary/aromatic N) is 3. The molecule has 1 N–H and O–H groups in total. The smallest absolute Gasteiger partial charge is 0.243 e. The van der Waals surface area contributed by atoms with Crippen molar-refractivity contribution >= 4 is 21.6 Å². The summed E-state index contributed by atoms with van der Waals surface area (Å²) in [5.74, 6) is -0.837. The van der Waals surface area contributed by atoms with Crippen molar-refractivity contribution in [3.05, 3.63) is 30.1 Å². The molecule has 1 atom stereocenters. The van der Waals surface area contributed by atoms with Crippen LogP contribution >= 0.6 is 0 Å². The van der Waals surface area contributed by atoms with Crippen molar-refractivity contribution in [2.45, 2.75) is 19.4 Å². The molecule has 1 aliphatic heterocycles. The van der Waals surface area contributed by atoms with Crippen molar-refractivity contribution in [1.29, 1.82) is 0 Å². The van der Waals surface area contributed by atoms with Crippen molar-refractivity contribution < 1.29 is 17.6 Å². The standard InChI is InChI=1S/C18H29FN4O3S/c1-15(23(27(3,25)26)17-7-5-16(19)6-8-17)18(24)20-9-4-10-22-13-11-21(2)12-14-22/h5-8,15H,4,9-14H2,1-3H3,(H,20,24)/t15-/m1/s1. The number of anilines is 1. The zero-order valence-electron chi connectivity index (χ0n) is 16.2. The SMILES string of the molecule is C[C@H](C(=O)NCCCN1CCN(C)CC1)N(c1ccc(F)cc1)S(C)(=O)=O. The maximum atomic E-state index is 13.1. The second kappa shape index (κ2) is 9.48. The molecule has 2 rings (SSSR count). The summed E-state index contributed by atoms with van der Waals surface area (Å²) < 4.78 is 38.5. The Kier molecular flexibility index (Phi) is 7.58. The minimum Gasteiger partial charge on any atom is -0.354 e. The van der Waals surface area contributed by atoms with Gasteiger partial charge < -0.3 is 15.1 Å². The highest BCUT2D eigenvalue weighted by Gasteiger charge is 2.28. The van der Waals surface area contributed by atoms with Gasteiger partial charge in [-0.3, -0.25) is 9.10 Å². The Morgan fingerprint density at radius 3 is 2.37 bits per heavy atom. The molecule has 0 radical (unpaired) electrons. The number of amides is 1. The van der Waals surface area contributed by atoms with Crippen LogP contribution in [-0.2, 0) is 14.8 Å². The highest BCUT2D eigenvalue weighted by atomic mass is 32.2. The van der Waals surface area contributed by atoms with Gasteiger partial charge in [0.15, 0.2) is 0 Å². The molecule has 7 nitrogen and oxygen atoms in total. The van der Waals surface area contributed by atoms with Crippen LogP contribution in [-0.4, -0.2) is 82.7 Å². The molecule has 27 heavy (non-hydrogen) atoms. The van der Waals surface area contributed by atoms with E-state index < -0.39 is 21.9 Å². The van der Waals surface area contributed by atoms with Crippen LogP contribution in [0.4, 0.5) is 10.1 Å². The second-order valence-electron chi connectivity index (χ2n) is 7.00. The molecule has 1 heterocycles. The Labute approximate surface area is 161 Å². The van der Waals surface area contributed by atoms with E-state index in [9.17, 15) is 17.6 Å². The van der Waals surface area contributed by atoms with Crippen LogP contribution in [0.3, 0.4) is 0 Å². The molecule has 1 aromatic rings. The number of carbonyl (C=O) groups excluding carboxylic acids is 1. The largest absolute Gasteiger partial charge is 0.354 e. The first-order chi connectivity index (χ1) is 12.7. The quantitative estimate of drug-likeness (QED) is 0.652. The summed E-state index contributed by atoms with van der Waals surface area (Å²) in [4.78, 5) is 17.1. The monoisotopic (exact) mass is 400 g/mol. The van der Waals surface area contributed by atoms with Gasteiger partial charge in [0.1, 0.15) is 11.9 Å². The van der Waals surface area contributed by atoms with Crippen molar-refractivity contribution in [3.8, 4) is 0 Å². The summed E-state index contributed by atoms with van der Waals surface area (Å²) in [6.07, 6.45) is 1.84. The van der Waals surface area contributed by atoms with E-state index in [4.69, 9.17) is 0 Å². The lowest BCUT2D eigenvalue weighted by Gasteiger charge is -2.32. The number of likely N-dealkylation sites (N-methyl/N-ethyl adjacent to an activating group) is 1. The molecule has 1 amide bonds. The van der Waals surface area contributed by atoms with Gasteiger partial charge in [-0.15, -0.1) is 0 Å². The van der Waals surface area contributed by atoms with E-state index in [-0.39, 0.29) is 11.6 Å². The van der Waals surface area contributed by atoms with Gasteiger partial charge >= 0.3 is 0 Å². The van der Waals surface area contributed by atoms with Crippen LogP contribution < -0.4 is 9.62 Å². The van der Waals surface area contributed by atoms with Crippen LogP contribution in [0.2, 0.25) is 0 Å². The van der Waals surface area contributed by atoms with Gasteiger partial charge in [-0.2, -0.15) is 0 Å². The molecule has 9 heteroatoms. The van der Waals surface area contributed by atoms with E-state index in [0.29, 0.717) is 6.54 Å². The van der Waals surface area contributed by atoms with Crippen LogP contribution in [0, 0.1) is 5.82 Å². The average Bonchev–Trinajstić information content (AvgIpc) is 2.60. The Morgan fingerprint density at radius 2 is 1.81 bits per heavy atom. The fourth-order valence-corrected chi connectivity index (χ4v) is 4.31. The minimum atomic E-state index is -3.69. The molecule has 0 bridgehead atoms. The van der Waals surface area contributed by atoms with Gasteiger partial charge in [-0.25, -0.2) is 12.8 Å². The molecule has 1 aromatic carbocycles. The highest BCUT2D eigenvalue weighted by Crippen LogP contribution is 2.21. The van der Waals surface area contributed by atoms with Crippen LogP contribution in [0.5, 0.6) is 0 Å². The fraction of sp³-hybridized carbons (Fsp3) is 0.611. The Bertz CT molecular complexity index is 719. The van der Waals surface area contributed by atoms with Crippen LogP contribution in [0.1, 0.15) is 13.3 Å². The lowest BCUT2D eigenvalue weighted by molar-refractivity contribution is -0.121. The summed E-state index contributed by atoms with van der Waals surface area (Å²) in [7, 11) is -1.59. The van der Waals surface area contributed by atoms with Crippen molar-refractivity contribution in [1.82, 2.24) is 15.1 Å². The molecule has 152 valence electrons. The number of carbonyl (C=O) groups is 1. The molecular formula is C18H29FN4O3S. The van der Waals surface area contributed by atoms with Crippen molar-refractivity contribution in [3.63, 3.8) is 0 Å². The van der Waals surface area contributed by atoms with E-state index >= 15 is 0 Å². The van der Waals surface area contributed by atoms with Gasteiger partial charge in [-0.1, -0.05) is 0 Å². The summed E-state index contributed by atoms with van der Waals surface area (Å²) >= 11 is 0. The van der Waals surface area contributed by atoms with Gasteiger partial charge in [0.25, 0.3) is 0 Å². The number of hydrogen-bond donors (Lipinski definition) is 1. The summed E-state index contributed by atoms with van der Waals surface area (Å²) in [6, 6.07) is 4.14. The molecule has 1 saturated heterocycles. The van der Waals surface area contributed by atoms with Gasteiger partial charge in [-0.05, 0) is 51.2 Å². The first-order valence-corrected chi connectivity index (χ1v) is 11.0. The molecule has 0 unspecified atom stereocenters. The maximum Gasteiger partial charge on any atom is 0.243 e. The van der Waals surface area contributed by atoms with Crippen LogP contribution in [0.25, 0.3) is 0 Å². The van der Waals surface area contributed by atoms with E-state index in [1.165, 1.54) is 31.2 Å². The summed E-state index contributed by atoms with van der Waals surface area (Å²) in [5, 5.41) is 2.81. The minimum absolute atomic E-state index is 0.263. The fourth-order valence-electron chi connectivity index (χ4n) is 3.13. The molecular weight excluding hydrogens is 371 g/mol. The van der Waals surface area contributed by atoms with Crippen molar-refractivity contribution in [2.24, 2.45) is 0 Å². The zero-order valence-corrected chi connectivity index (χ0v) is 17.0. The summed E-state index contributed by atoms with van der Waals surface area (Å²) in [5.41, 5.74) is 0.263. The molecule has 0 aromatic heterocycles.